The second-order valence-electron chi connectivity index (χ2n) is 9.10. The molecule has 1 saturated carbocycles. The highest BCUT2D eigenvalue weighted by Crippen LogP contribution is 2.32. The summed E-state index contributed by atoms with van der Waals surface area (Å²) in [5, 5.41) is 1.01. The van der Waals surface area contributed by atoms with Crippen LogP contribution in [-0.2, 0) is 4.79 Å². The zero-order valence-corrected chi connectivity index (χ0v) is 17.8. The fraction of sp³-hybridized carbons (Fsp3) is 0.609. The molecule has 0 spiro atoms. The number of amides is 1. The smallest absolute Gasteiger partial charge is 0.224 e. The lowest BCUT2D eigenvalue weighted by Crippen LogP contribution is -2.49. The van der Waals surface area contributed by atoms with Gasteiger partial charge in [0.1, 0.15) is 6.33 Å². The Labute approximate surface area is 178 Å². The van der Waals surface area contributed by atoms with Crippen molar-refractivity contribution in [2.45, 2.75) is 25.7 Å². The first-order valence-electron chi connectivity index (χ1n) is 11.2. The zero-order valence-electron chi connectivity index (χ0n) is 17.8. The normalized spacial score (nSPS) is 23.2. The van der Waals surface area contributed by atoms with E-state index in [2.05, 4.69) is 38.0 Å². The van der Waals surface area contributed by atoms with Gasteiger partial charge in [0.05, 0.1) is 17.5 Å². The molecule has 1 aromatic heterocycles. The summed E-state index contributed by atoms with van der Waals surface area (Å²) in [4.78, 5) is 27.4. The van der Waals surface area contributed by atoms with Crippen molar-refractivity contribution < 1.29 is 9.53 Å². The topological polar surface area (TPSA) is 61.8 Å². The standard InChI is InChI=1S/C23H31N5O2/c1-26-13-18(4-7-22(26)29)14-27-8-10-28(11-9-27)19-5-6-21-20(12-19)23(25-16-24-21)30-15-17-2-3-17/h5-6,12,16-18H,2-4,7-11,13-15H2,1H3. The first-order valence-corrected chi connectivity index (χ1v) is 11.2. The van der Waals surface area contributed by atoms with Crippen LogP contribution in [0.25, 0.3) is 10.9 Å². The van der Waals surface area contributed by atoms with Crippen LogP contribution in [0.2, 0.25) is 0 Å². The minimum atomic E-state index is 0.289. The lowest BCUT2D eigenvalue weighted by molar-refractivity contribution is -0.133. The van der Waals surface area contributed by atoms with Gasteiger partial charge in [0.2, 0.25) is 11.8 Å². The first-order chi connectivity index (χ1) is 14.7. The van der Waals surface area contributed by atoms with E-state index in [0.717, 1.165) is 63.2 Å². The molecule has 3 fully saturated rings. The van der Waals surface area contributed by atoms with Gasteiger partial charge in [-0.25, -0.2) is 9.97 Å². The van der Waals surface area contributed by atoms with Crippen LogP contribution in [0, 0.1) is 11.8 Å². The number of piperazine rings is 1. The van der Waals surface area contributed by atoms with Gasteiger partial charge in [-0.2, -0.15) is 0 Å². The molecule has 30 heavy (non-hydrogen) atoms. The minimum absolute atomic E-state index is 0.289. The molecule has 1 aliphatic carbocycles. The molecule has 1 atom stereocenters. The molecule has 2 aliphatic heterocycles. The van der Waals surface area contributed by atoms with Gasteiger partial charge in [-0.1, -0.05) is 0 Å². The number of hydrogen-bond donors (Lipinski definition) is 0. The molecule has 0 bridgehead atoms. The molecule has 160 valence electrons. The molecule has 3 aliphatic rings. The van der Waals surface area contributed by atoms with E-state index in [1.165, 1.54) is 18.5 Å². The van der Waals surface area contributed by atoms with Crippen LogP contribution in [0.15, 0.2) is 24.5 Å². The number of hydrogen-bond acceptors (Lipinski definition) is 6. The summed E-state index contributed by atoms with van der Waals surface area (Å²) in [7, 11) is 1.93. The minimum Gasteiger partial charge on any atom is -0.477 e. The van der Waals surface area contributed by atoms with Crippen LogP contribution >= 0.6 is 0 Å². The third-order valence-electron chi connectivity index (χ3n) is 6.71. The maximum Gasteiger partial charge on any atom is 0.224 e. The van der Waals surface area contributed by atoms with Crippen molar-refractivity contribution in [1.82, 2.24) is 19.8 Å². The highest BCUT2D eigenvalue weighted by atomic mass is 16.5. The molecule has 1 unspecified atom stereocenters. The molecule has 5 rings (SSSR count). The molecule has 0 radical (unpaired) electrons. The maximum atomic E-state index is 11.7. The number of nitrogens with zero attached hydrogens (tertiary/aromatic N) is 5. The second-order valence-corrected chi connectivity index (χ2v) is 9.10. The Morgan fingerprint density at radius 1 is 1.07 bits per heavy atom. The third kappa shape index (κ3) is 4.36. The van der Waals surface area contributed by atoms with Crippen molar-refractivity contribution in [2.24, 2.45) is 11.8 Å². The Morgan fingerprint density at radius 3 is 2.67 bits per heavy atom. The van der Waals surface area contributed by atoms with E-state index in [4.69, 9.17) is 4.74 Å². The lowest BCUT2D eigenvalue weighted by atomic mass is 9.97. The number of fused-ring (bicyclic) bond motifs is 1. The summed E-state index contributed by atoms with van der Waals surface area (Å²) >= 11 is 0. The number of benzene rings is 1. The summed E-state index contributed by atoms with van der Waals surface area (Å²) in [5.41, 5.74) is 2.16. The Kier molecular flexibility index (Phi) is 5.46. The maximum absolute atomic E-state index is 11.7. The summed E-state index contributed by atoms with van der Waals surface area (Å²) in [6.07, 6.45) is 5.86. The van der Waals surface area contributed by atoms with Gasteiger partial charge in [0.15, 0.2) is 0 Å². The number of carbonyl (C=O) groups excluding carboxylic acids is 1. The molecule has 1 amide bonds. The lowest BCUT2D eigenvalue weighted by Gasteiger charge is -2.39. The van der Waals surface area contributed by atoms with Crippen LogP contribution < -0.4 is 9.64 Å². The average molecular weight is 410 g/mol. The zero-order chi connectivity index (χ0) is 20.5. The van der Waals surface area contributed by atoms with E-state index in [1.54, 1.807) is 6.33 Å². The van der Waals surface area contributed by atoms with Crippen molar-refractivity contribution >= 4 is 22.5 Å². The van der Waals surface area contributed by atoms with Crippen LogP contribution in [0.5, 0.6) is 5.88 Å². The first kappa shape index (κ1) is 19.5. The molecule has 3 heterocycles. The van der Waals surface area contributed by atoms with Crippen LogP contribution in [0.4, 0.5) is 5.69 Å². The van der Waals surface area contributed by atoms with Crippen molar-refractivity contribution in [3.63, 3.8) is 0 Å². The molecule has 0 N–H and O–H groups in total. The van der Waals surface area contributed by atoms with E-state index in [9.17, 15) is 4.79 Å². The van der Waals surface area contributed by atoms with E-state index >= 15 is 0 Å². The van der Waals surface area contributed by atoms with Crippen molar-refractivity contribution in [3.05, 3.63) is 24.5 Å². The van der Waals surface area contributed by atoms with Crippen molar-refractivity contribution in [3.8, 4) is 5.88 Å². The Balaban J connectivity index is 1.21. The summed E-state index contributed by atoms with van der Waals surface area (Å²) in [6.45, 7) is 6.89. The van der Waals surface area contributed by atoms with E-state index < -0.39 is 0 Å². The van der Waals surface area contributed by atoms with Crippen LogP contribution in [0.3, 0.4) is 0 Å². The monoisotopic (exact) mass is 409 g/mol. The van der Waals surface area contributed by atoms with Gasteiger partial charge in [-0.15, -0.1) is 0 Å². The van der Waals surface area contributed by atoms with E-state index in [1.807, 2.05) is 11.9 Å². The molecular weight excluding hydrogens is 378 g/mol. The largest absolute Gasteiger partial charge is 0.477 e. The summed E-state index contributed by atoms with van der Waals surface area (Å²) in [5.74, 6) is 2.30. The molecular formula is C23H31N5O2. The SMILES string of the molecule is CN1CC(CN2CCN(c3ccc4ncnc(OCC5CC5)c4c3)CC2)CCC1=O. The number of piperidine rings is 1. The Hall–Kier alpha value is -2.41. The number of anilines is 1. The van der Waals surface area contributed by atoms with Gasteiger partial charge in [-0.3, -0.25) is 9.69 Å². The predicted molar refractivity (Wildman–Crippen MR) is 117 cm³/mol. The molecule has 2 aromatic rings. The van der Waals surface area contributed by atoms with Crippen LogP contribution in [0.1, 0.15) is 25.7 Å². The number of carbonyl (C=O) groups is 1. The highest BCUT2D eigenvalue weighted by Gasteiger charge is 2.26. The van der Waals surface area contributed by atoms with Gasteiger partial charge in [0, 0.05) is 58.4 Å². The third-order valence-corrected chi connectivity index (χ3v) is 6.71. The molecule has 7 heteroatoms. The van der Waals surface area contributed by atoms with Gasteiger partial charge in [0.25, 0.3) is 0 Å². The second kappa shape index (κ2) is 8.38. The molecule has 1 aromatic carbocycles. The summed E-state index contributed by atoms with van der Waals surface area (Å²) < 4.78 is 6.00. The Morgan fingerprint density at radius 2 is 1.90 bits per heavy atom. The quantitative estimate of drug-likeness (QED) is 0.730. The predicted octanol–water partition coefficient (Wildman–Crippen LogP) is 2.41. The van der Waals surface area contributed by atoms with E-state index in [0.29, 0.717) is 24.1 Å². The number of aromatic nitrogens is 2. The van der Waals surface area contributed by atoms with Crippen LogP contribution in [-0.4, -0.2) is 78.6 Å². The van der Waals surface area contributed by atoms with E-state index in [-0.39, 0.29) is 5.91 Å². The number of rotatable bonds is 6. The average Bonchev–Trinajstić information content (AvgIpc) is 3.60. The number of ether oxygens (including phenoxy) is 1. The van der Waals surface area contributed by atoms with Gasteiger partial charge >= 0.3 is 0 Å². The molecule has 2 saturated heterocycles. The number of likely N-dealkylation sites (tertiary alicyclic amines) is 1. The molecule has 7 nitrogen and oxygen atoms in total. The summed E-state index contributed by atoms with van der Waals surface area (Å²) in [6, 6.07) is 6.43. The van der Waals surface area contributed by atoms with Crippen molar-refractivity contribution in [1.29, 1.82) is 0 Å². The van der Waals surface area contributed by atoms with Crippen molar-refractivity contribution in [2.75, 3.05) is 57.8 Å². The fourth-order valence-electron chi connectivity index (χ4n) is 4.62. The highest BCUT2D eigenvalue weighted by molar-refractivity contribution is 5.86. The van der Waals surface area contributed by atoms with Gasteiger partial charge in [-0.05, 0) is 49.3 Å². The Bertz CT molecular complexity index is 908. The van der Waals surface area contributed by atoms with Gasteiger partial charge < -0.3 is 14.5 Å². The fourth-order valence-corrected chi connectivity index (χ4v) is 4.62.